The summed E-state index contributed by atoms with van der Waals surface area (Å²) in [6, 6.07) is 6.98. The van der Waals surface area contributed by atoms with Gasteiger partial charge in [0.15, 0.2) is 0 Å². The first-order valence-electron chi connectivity index (χ1n) is 7.78. The zero-order valence-corrected chi connectivity index (χ0v) is 13.4. The molecule has 0 spiro atoms. The van der Waals surface area contributed by atoms with Crippen molar-refractivity contribution in [3.8, 4) is 5.75 Å². The molecule has 2 heteroatoms. The predicted octanol–water partition coefficient (Wildman–Crippen LogP) is 4.63. The molecule has 1 N–H and O–H groups in total. The minimum Gasteiger partial charge on any atom is -0.495 e. The standard InChI is InChI=1S/C18H27NO/c1-12-6-7-14(15(10-12)20-5)19-16-17(2,3)13-8-9-18(16,4)11-13/h6-7,10,13,16,19H,8-9,11H2,1-5H3. The van der Waals surface area contributed by atoms with Crippen LogP contribution in [0.1, 0.15) is 45.6 Å². The van der Waals surface area contributed by atoms with Gasteiger partial charge in [-0.15, -0.1) is 0 Å². The molecular formula is C18H27NO. The van der Waals surface area contributed by atoms with Gasteiger partial charge in [0, 0.05) is 6.04 Å². The topological polar surface area (TPSA) is 21.3 Å². The van der Waals surface area contributed by atoms with Crippen molar-refractivity contribution in [1.29, 1.82) is 0 Å². The van der Waals surface area contributed by atoms with E-state index in [0.717, 1.165) is 17.4 Å². The fraction of sp³-hybridized carbons (Fsp3) is 0.667. The lowest BCUT2D eigenvalue weighted by molar-refractivity contribution is 0.155. The zero-order chi connectivity index (χ0) is 14.5. The minimum absolute atomic E-state index is 0.364. The van der Waals surface area contributed by atoms with Gasteiger partial charge in [-0.3, -0.25) is 0 Å². The number of methoxy groups -OCH3 is 1. The zero-order valence-electron chi connectivity index (χ0n) is 13.4. The van der Waals surface area contributed by atoms with Gasteiger partial charge in [0.05, 0.1) is 12.8 Å². The molecule has 0 heterocycles. The number of aryl methyl sites for hydroxylation is 1. The summed E-state index contributed by atoms with van der Waals surface area (Å²) < 4.78 is 5.56. The summed E-state index contributed by atoms with van der Waals surface area (Å²) in [5, 5.41) is 3.82. The first-order chi connectivity index (χ1) is 9.37. The van der Waals surface area contributed by atoms with E-state index >= 15 is 0 Å². The Morgan fingerprint density at radius 2 is 2.00 bits per heavy atom. The van der Waals surface area contributed by atoms with Crippen molar-refractivity contribution in [1.82, 2.24) is 0 Å². The molecule has 1 aromatic carbocycles. The Hall–Kier alpha value is -1.18. The highest BCUT2D eigenvalue weighted by molar-refractivity contribution is 5.59. The molecule has 0 radical (unpaired) electrons. The van der Waals surface area contributed by atoms with Crippen LogP contribution in [0.25, 0.3) is 0 Å². The highest BCUT2D eigenvalue weighted by Gasteiger charge is 2.59. The second kappa shape index (κ2) is 4.41. The summed E-state index contributed by atoms with van der Waals surface area (Å²) >= 11 is 0. The van der Waals surface area contributed by atoms with Crippen molar-refractivity contribution in [2.24, 2.45) is 16.7 Å². The fourth-order valence-corrected chi connectivity index (χ4v) is 4.74. The van der Waals surface area contributed by atoms with Crippen LogP contribution in [-0.2, 0) is 0 Å². The number of fused-ring (bicyclic) bond motifs is 2. The number of ether oxygens (including phenoxy) is 1. The lowest BCUT2D eigenvalue weighted by atomic mass is 9.68. The molecule has 2 nitrogen and oxygen atoms in total. The summed E-state index contributed by atoms with van der Waals surface area (Å²) in [6.45, 7) is 9.43. The van der Waals surface area contributed by atoms with Gasteiger partial charge in [-0.05, 0) is 60.6 Å². The molecule has 2 saturated carbocycles. The average molecular weight is 273 g/mol. The molecule has 3 rings (SSSR count). The Bertz CT molecular complexity index is 517. The second-order valence-electron chi connectivity index (χ2n) is 7.70. The van der Waals surface area contributed by atoms with Crippen LogP contribution in [0.3, 0.4) is 0 Å². The number of anilines is 1. The number of benzene rings is 1. The van der Waals surface area contributed by atoms with E-state index in [9.17, 15) is 0 Å². The first kappa shape index (κ1) is 13.8. The maximum Gasteiger partial charge on any atom is 0.142 e. The van der Waals surface area contributed by atoms with Crippen molar-refractivity contribution in [2.45, 2.75) is 53.0 Å². The number of hydrogen-bond acceptors (Lipinski definition) is 2. The van der Waals surface area contributed by atoms with E-state index in [0.29, 0.717) is 16.9 Å². The SMILES string of the molecule is COc1cc(C)ccc1NC1C2(C)CCC(C2)C1(C)C. The van der Waals surface area contributed by atoms with Crippen LogP contribution in [0.2, 0.25) is 0 Å². The smallest absolute Gasteiger partial charge is 0.142 e. The molecule has 3 unspecified atom stereocenters. The third-order valence-electron chi connectivity index (χ3n) is 5.93. The monoisotopic (exact) mass is 273 g/mol. The Balaban J connectivity index is 1.91. The second-order valence-corrected chi connectivity index (χ2v) is 7.70. The molecule has 110 valence electrons. The Morgan fingerprint density at radius 3 is 2.60 bits per heavy atom. The highest BCUT2D eigenvalue weighted by atomic mass is 16.5. The molecule has 3 atom stereocenters. The van der Waals surface area contributed by atoms with Crippen LogP contribution < -0.4 is 10.1 Å². The van der Waals surface area contributed by atoms with Crippen LogP contribution in [0.4, 0.5) is 5.69 Å². The third-order valence-corrected chi connectivity index (χ3v) is 5.93. The molecule has 2 fully saturated rings. The summed E-state index contributed by atoms with van der Waals surface area (Å²) in [4.78, 5) is 0. The van der Waals surface area contributed by atoms with E-state index in [-0.39, 0.29) is 0 Å². The van der Waals surface area contributed by atoms with Gasteiger partial charge < -0.3 is 10.1 Å². The Kier molecular flexibility index (Phi) is 3.04. The van der Waals surface area contributed by atoms with Crippen LogP contribution in [0.5, 0.6) is 5.75 Å². The Morgan fingerprint density at radius 1 is 1.25 bits per heavy atom. The lowest BCUT2D eigenvalue weighted by Gasteiger charge is -2.43. The van der Waals surface area contributed by atoms with Gasteiger partial charge >= 0.3 is 0 Å². The van der Waals surface area contributed by atoms with E-state index in [1.165, 1.54) is 24.8 Å². The van der Waals surface area contributed by atoms with Crippen LogP contribution in [0, 0.1) is 23.7 Å². The predicted molar refractivity (Wildman–Crippen MR) is 84.4 cm³/mol. The normalized spacial score (nSPS) is 34.2. The third kappa shape index (κ3) is 1.92. The van der Waals surface area contributed by atoms with Crippen molar-refractivity contribution >= 4 is 5.69 Å². The number of rotatable bonds is 3. The fourth-order valence-electron chi connectivity index (χ4n) is 4.74. The van der Waals surface area contributed by atoms with E-state index in [2.05, 4.69) is 51.2 Å². The van der Waals surface area contributed by atoms with E-state index in [4.69, 9.17) is 4.74 Å². The maximum absolute atomic E-state index is 5.56. The first-order valence-corrected chi connectivity index (χ1v) is 7.78. The van der Waals surface area contributed by atoms with Gasteiger partial charge in [0.1, 0.15) is 5.75 Å². The molecule has 0 aliphatic heterocycles. The molecular weight excluding hydrogens is 246 g/mol. The van der Waals surface area contributed by atoms with Gasteiger partial charge in [-0.1, -0.05) is 26.8 Å². The van der Waals surface area contributed by atoms with E-state index in [1.807, 2.05) is 0 Å². The molecule has 1 aromatic rings. The van der Waals surface area contributed by atoms with Gasteiger partial charge in [-0.2, -0.15) is 0 Å². The van der Waals surface area contributed by atoms with Gasteiger partial charge in [0.2, 0.25) is 0 Å². The van der Waals surface area contributed by atoms with Crippen molar-refractivity contribution in [2.75, 3.05) is 12.4 Å². The van der Waals surface area contributed by atoms with Crippen molar-refractivity contribution in [3.05, 3.63) is 23.8 Å². The molecule has 0 amide bonds. The van der Waals surface area contributed by atoms with Gasteiger partial charge in [-0.25, -0.2) is 0 Å². The molecule has 0 saturated heterocycles. The molecule has 2 aliphatic rings. The molecule has 20 heavy (non-hydrogen) atoms. The van der Waals surface area contributed by atoms with E-state index < -0.39 is 0 Å². The largest absolute Gasteiger partial charge is 0.495 e. The molecule has 0 aromatic heterocycles. The van der Waals surface area contributed by atoms with Crippen molar-refractivity contribution < 1.29 is 4.74 Å². The minimum atomic E-state index is 0.364. The molecule has 2 bridgehead atoms. The average Bonchev–Trinajstić information content (AvgIpc) is 2.87. The molecule has 2 aliphatic carbocycles. The van der Waals surface area contributed by atoms with Crippen molar-refractivity contribution in [3.63, 3.8) is 0 Å². The summed E-state index contributed by atoms with van der Waals surface area (Å²) in [6.07, 6.45) is 4.12. The number of nitrogens with one attached hydrogen (secondary N) is 1. The maximum atomic E-state index is 5.56. The quantitative estimate of drug-likeness (QED) is 0.867. The number of hydrogen-bond donors (Lipinski definition) is 1. The van der Waals surface area contributed by atoms with Gasteiger partial charge in [0.25, 0.3) is 0 Å². The summed E-state index contributed by atoms with van der Waals surface area (Å²) in [5.41, 5.74) is 3.18. The lowest BCUT2D eigenvalue weighted by Crippen LogP contribution is -2.45. The highest BCUT2D eigenvalue weighted by Crippen LogP contribution is 2.63. The van der Waals surface area contributed by atoms with Crippen LogP contribution in [0.15, 0.2) is 18.2 Å². The summed E-state index contributed by atoms with van der Waals surface area (Å²) in [5.74, 6) is 1.83. The summed E-state index contributed by atoms with van der Waals surface area (Å²) in [7, 11) is 1.76. The van der Waals surface area contributed by atoms with Crippen LogP contribution in [-0.4, -0.2) is 13.2 Å². The van der Waals surface area contributed by atoms with Crippen LogP contribution >= 0.6 is 0 Å². The Labute approximate surface area is 122 Å². The van der Waals surface area contributed by atoms with E-state index in [1.54, 1.807) is 7.11 Å².